The molecular weight excluding hydrogens is 124 g/mol. The molecule has 0 saturated heterocycles. The van der Waals surface area contributed by atoms with E-state index < -0.39 is 0 Å². The van der Waals surface area contributed by atoms with Gasteiger partial charge in [0.2, 0.25) is 0 Å². The minimum Gasteiger partial charge on any atom is -0.396 e. The topological polar surface area (TPSA) is 40.5 Å². The average molecular weight is 136 g/mol. The van der Waals surface area contributed by atoms with Crippen molar-refractivity contribution in [1.29, 1.82) is 0 Å². The summed E-state index contributed by atoms with van der Waals surface area (Å²) in [6.45, 7) is 1.95. The molecule has 1 atom stereocenters. The van der Waals surface area contributed by atoms with E-state index in [1.807, 2.05) is 0 Å². The molecule has 0 aliphatic carbocycles. The van der Waals surface area contributed by atoms with Crippen LogP contribution < -0.4 is 0 Å². The summed E-state index contributed by atoms with van der Waals surface area (Å²) in [6, 6.07) is 0. The zero-order valence-electron chi connectivity index (χ0n) is 5.00. The third kappa shape index (κ3) is 6.27. The maximum Gasteiger partial charge on any atom is 0.0602 e. The van der Waals surface area contributed by atoms with Gasteiger partial charge in [-0.25, -0.2) is 0 Å². The van der Waals surface area contributed by atoms with Gasteiger partial charge in [0.25, 0.3) is 0 Å². The van der Waals surface area contributed by atoms with Crippen molar-refractivity contribution < 1.29 is 10.2 Å². The van der Waals surface area contributed by atoms with Crippen LogP contribution in [0.2, 0.25) is 0 Å². The second-order valence-electron chi connectivity index (χ2n) is 1.65. The third-order valence-electron chi connectivity index (χ3n) is 0.595. The lowest BCUT2D eigenvalue weighted by molar-refractivity contribution is 0.220. The van der Waals surface area contributed by atoms with Crippen molar-refractivity contribution in [3.63, 3.8) is 0 Å². The molecule has 0 saturated carbocycles. The van der Waals surface area contributed by atoms with Crippen LogP contribution in [0.15, 0.2) is 0 Å². The monoisotopic (exact) mass is 136 g/mol. The van der Waals surface area contributed by atoms with Crippen molar-refractivity contribution in [3.8, 4) is 0 Å². The molecule has 0 aromatic rings. The molecule has 0 radical (unpaired) electrons. The standard InChI is InChI=1S/C5H12O2S/c1-5(7)4-8-3-2-6/h5-7H,2-4H2,1H3. The first-order chi connectivity index (χ1) is 3.77. The molecule has 0 heterocycles. The van der Waals surface area contributed by atoms with Gasteiger partial charge >= 0.3 is 0 Å². The summed E-state index contributed by atoms with van der Waals surface area (Å²) in [5, 5.41) is 17.0. The SMILES string of the molecule is CC(O)CSCCO. The minimum absolute atomic E-state index is 0.206. The molecule has 0 aromatic carbocycles. The Morgan fingerprint density at radius 2 is 2.25 bits per heavy atom. The predicted octanol–water partition coefficient (Wildman–Crippen LogP) is 0.0927. The van der Waals surface area contributed by atoms with E-state index in [9.17, 15) is 0 Å². The van der Waals surface area contributed by atoms with Gasteiger partial charge in [0.15, 0.2) is 0 Å². The fourth-order valence-electron chi connectivity index (χ4n) is 0.318. The van der Waals surface area contributed by atoms with Gasteiger partial charge < -0.3 is 10.2 Å². The fourth-order valence-corrected chi connectivity index (χ4v) is 0.955. The highest BCUT2D eigenvalue weighted by atomic mass is 32.2. The van der Waals surface area contributed by atoms with Gasteiger partial charge in [0, 0.05) is 11.5 Å². The Labute approximate surface area is 53.9 Å². The first-order valence-electron chi connectivity index (χ1n) is 2.64. The molecule has 0 fully saturated rings. The summed E-state index contributed by atoms with van der Waals surface area (Å²) in [5.41, 5.74) is 0. The molecule has 2 nitrogen and oxygen atoms in total. The Bertz CT molecular complexity index is 47.7. The number of thioether (sulfide) groups is 1. The number of hydrogen-bond donors (Lipinski definition) is 2. The first kappa shape index (κ1) is 8.27. The molecule has 0 aliphatic heterocycles. The van der Waals surface area contributed by atoms with Crippen molar-refractivity contribution in [1.82, 2.24) is 0 Å². The maximum absolute atomic E-state index is 8.68. The van der Waals surface area contributed by atoms with Crippen molar-refractivity contribution in [2.24, 2.45) is 0 Å². The van der Waals surface area contributed by atoms with E-state index in [0.29, 0.717) is 0 Å². The molecule has 50 valence electrons. The van der Waals surface area contributed by atoms with E-state index >= 15 is 0 Å². The summed E-state index contributed by atoms with van der Waals surface area (Å²) in [5.74, 6) is 1.45. The second kappa shape index (κ2) is 5.41. The first-order valence-corrected chi connectivity index (χ1v) is 3.79. The average Bonchev–Trinajstić information content (AvgIpc) is 1.66. The van der Waals surface area contributed by atoms with Gasteiger partial charge in [0.1, 0.15) is 0 Å². The molecule has 3 heteroatoms. The van der Waals surface area contributed by atoms with E-state index in [1.165, 1.54) is 0 Å². The molecule has 2 N–H and O–H groups in total. The third-order valence-corrected chi connectivity index (χ3v) is 1.78. The zero-order valence-corrected chi connectivity index (χ0v) is 5.82. The molecule has 8 heavy (non-hydrogen) atoms. The van der Waals surface area contributed by atoms with Gasteiger partial charge in [-0.3, -0.25) is 0 Å². The van der Waals surface area contributed by atoms with Crippen LogP contribution in [-0.4, -0.2) is 34.4 Å². The van der Waals surface area contributed by atoms with Gasteiger partial charge in [0.05, 0.1) is 12.7 Å². The van der Waals surface area contributed by atoms with E-state index in [0.717, 1.165) is 11.5 Å². The van der Waals surface area contributed by atoms with Crippen molar-refractivity contribution in [2.45, 2.75) is 13.0 Å². The Morgan fingerprint density at radius 3 is 2.62 bits per heavy atom. The van der Waals surface area contributed by atoms with Gasteiger partial charge in [-0.15, -0.1) is 0 Å². The van der Waals surface area contributed by atoms with Crippen molar-refractivity contribution in [3.05, 3.63) is 0 Å². The second-order valence-corrected chi connectivity index (χ2v) is 2.80. The molecule has 0 bridgehead atoms. The predicted molar refractivity (Wildman–Crippen MR) is 36.1 cm³/mol. The number of aliphatic hydroxyl groups excluding tert-OH is 2. The lowest BCUT2D eigenvalue weighted by Crippen LogP contribution is -2.03. The highest BCUT2D eigenvalue weighted by Gasteiger charge is 1.92. The van der Waals surface area contributed by atoms with Gasteiger partial charge in [-0.2, -0.15) is 11.8 Å². The molecule has 0 amide bonds. The van der Waals surface area contributed by atoms with Crippen molar-refractivity contribution >= 4 is 11.8 Å². The Kier molecular flexibility index (Phi) is 5.59. The fraction of sp³-hybridized carbons (Fsp3) is 1.00. The van der Waals surface area contributed by atoms with Crippen LogP contribution in [0.4, 0.5) is 0 Å². The van der Waals surface area contributed by atoms with Crippen LogP contribution in [-0.2, 0) is 0 Å². The molecule has 1 unspecified atom stereocenters. The Balaban J connectivity index is 2.72. The Hall–Kier alpha value is 0.270. The van der Waals surface area contributed by atoms with E-state index in [2.05, 4.69) is 0 Å². The Morgan fingerprint density at radius 1 is 1.62 bits per heavy atom. The summed E-state index contributed by atoms with van der Waals surface area (Å²) in [7, 11) is 0. The highest BCUT2D eigenvalue weighted by Crippen LogP contribution is 1.99. The van der Waals surface area contributed by atoms with E-state index in [4.69, 9.17) is 10.2 Å². The number of rotatable bonds is 4. The van der Waals surface area contributed by atoms with Gasteiger partial charge in [-0.1, -0.05) is 0 Å². The van der Waals surface area contributed by atoms with Crippen LogP contribution in [0.3, 0.4) is 0 Å². The minimum atomic E-state index is -0.244. The smallest absolute Gasteiger partial charge is 0.0602 e. The van der Waals surface area contributed by atoms with E-state index in [-0.39, 0.29) is 12.7 Å². The normalized spacial score (nSPS) is 13.9. The molecule has 0 rings (SSSR count). The van der Waals surface area contributed by atoms with Crippen molar-refractivity contribution in [2.75, 3.05) is 18.1 Å². The van der Waals surface area contributed by atoms with Gasteiger partial charge in [-0.05, 0) is 6.92 Å². The summed E-state index contributed by atoms with van der Waals surface area (Å²) >= 11 is 1.56. The summed E-state index contributed by atoms with van der Waals surface area (Å²) < 4.78 is 0. The molecular formula is C5H12O2S. The van der Waals surface area contributed by atoms with Crippen LogP contribution in [0.1, 0.15) is 6.92 Å². The quantitative estimate of drug-likeness (QED) is 0.538. The molecule has 0 aliphatic rings. The van der Waals surface area contributed by atoms with Crippen LogP contribution in [0.5, 0.6) is 0 Å². The largest absolute Gasteiger partial charge is 0.396 e. The summed E-state index contributed by atoms with van der Waals surface area (Å²) in [6.07, 6.45) is -0.244. The lowest BCUT2D eigenvalue weighted by atomic mass is 10.5. The molecule has 0 aromatic heterocycles. The number of hydrogen-bond acceptors (Lipinski definition) is 3. The maximum atomic E-state index is 8.68. The van der Waals surface area contributed by atoms with Crippen LogP contribution in [0, 0.1) is 0 Å². The molecule has 0 spiro atoms. The van der Waals surface area contributed by atoms with E-state index in [1.54, 1.807) is 18.7 Å². The number of aliphatic hydroxyl groups is 2. The van der Waals surface area contributed by atoms with Crippen LogP contribution in [0.25, 0.3) is 0 Å². The zero-order chi connectivity index (χ0) is 6.41. The highest BCUT2D eigenvalue weighted by molar-refractivity contribution is 7.99. The lowest BCUT2D eigenvalue weighted by Gasteiger charge is -1.99. The van der Waals surface area contributed by atoms with Crippen LogP contribution >= 0.6 is 11.8 Å². The summed E-state index contributed by atoms with van der Waals surface area (Å²) in [4.78, 5) is 0.